The number of carbonyl (C=O) groups excluding carboxylic acids is 3. The standard InChI is InChI=1S/C21H27N3O4/c25-18(22-21-11-14-8-15(12-21)10-16(9-14)13-21)20(27)24-5-3-23(4-6-24)19(26)17-2-1-7-28-17/h1-2,7,14-16H,3-6,8-13H2,(H,22,25). The van der Waals surface area contributed by atoms with Gasteiger partial charge in [0, 0.05) is 31.7 Å². The lowest BCUT2D eigenvalue weighted by Gasteiger charge is -2.56. The Morgan fingerprint density at radius 2 is 1.50 bits per heavy atom. The van der Waals surface area contributed by atoms with Crippen molar-refractivity contribution in [1.82, 2.24) is 15.1 Å². The van der Waals surface area contributed by atoms with Crippen LogP contribution in [0.15, 0.2) is 22.8 Å². The van der Waals surface area contributed by atoms with E-state index in [4.69, 9.17) is 4.42 Å². The molecule has 7 nitrogen and oxygen atoms in total. The number of hydrogen-bond donors (Lipinski definition) is 1. The van der Waals surface area contributed by atoms with Crippen LogP contribution in [-0.4, -0.2) is 59.2 Å². The number of carbonyl (C=O) groups is 3. The van der Waals surface area contributed by atoms with Crippen LogP contribution in [0.1, 0.15) is 49.1 Å². The van der Waals surface area contributed by atoms with Crippen molar-refractivity contribution in [2.45, 2.75) is 44.1 Å². The minimum atomic E-state index is -0.465. The van der Waals surface area contributed by atoms with Crippen LogP contribution in [-0.2, 0) is 9.59 Å². The Morgan fingerprint density at radius 1 is 0.929 bits per heavy atom. The number of amides is 3. The quantitative estimate of drug-likeness (QED) is 0.785. The van der Waals surface area contributed by atoms with Gasteiger partial charge in [0.25, 0.3) is 5.91 Å². The van der Waals surface area contributed by atoms with E-state index < -0.39 is 11.8 Å². The number of furan rings is 1. The Balaban J connectivity index is 1.17. The minimum Gasteiger partial charge on any atom is -0.459 e. The lowest BCUT2D eigenvalue weighted by atomic mass is 9.53. The molecular weight excluding hydrogens is 358 g/mol. The molecule has 1 aromatic rings. The second-order valence-electron chi connectivity index (χ2n) is 9.21. The van der Waals surface area contributed by atoms with E-state index >= 15 is 0 Å². The minimum absolute atomic E-state index is 0.154. The number of rotatable bonds is 2. The van der Waals surface area contributed by atoms with Gasteiger partial charge in [-0.15, -0.1) is 0 Å². The van der Waals surface area contributed by atoms with E-state index in [1.54, 1.807) is 21.9 Å². The molecule has 5 fully saturated rings. The molecule has 28 heavy (non-hydrogen) atoms. The zero-order valence-electron chi connectivity index (χ0n) is 16.1. The van der Waals surface area contributed by atoms with Crippen LogP contribution in [0.3, 0.4) is 0 Å². The van der Waals surface area contributed by atoms with Gasteiger partial charge in [0.1, 0.15) is 0 Å². The van der Waals surface area contributed by atoms with Crippen LogP contribution in [0.4, 0.5) is 0 Å². The van der Waals surface area contributed by atoms with Crippen molar-refractivity contribution in [2.24, 2.45) is 17.8 Å². The average molecular weight is 385 g/mol. The van der Waals surface area contributed by atoms with Crippen molar-refractivity contribution in [2.75, 3.05) is 26.2 Å². The fourth-order valence-corrected chi connectivity index (χ4v) is 6.37. The second-order valence-corrected chi connectivity index (χ2v) is 9.21. The highest BCUT2D eigenvalue weighted by molar-refractivity contribution is 6.35. The van der Waals surface area contributed by atoms with Gasteiger partial charge in [-0.25, -0.2) is 0 Å². The van der Waals surface area contributed by atoms with E-state index in [0.29, 0.717) is 31.9 Å². The van der Waals surface area contributed by atoms with E-state index in [0.717, 1.165) is 37.0 Å². The predicted octanol–water partition coefficient (Wildman–Crippen LogP) is 1.65. The molecule has 0 radical (unpaired) electrons. The van der Waals surface area contributed by atoms with E-state index in [-0.39, 0.29) is 11.4 Å². The molecule has 2 heterocycles. The fraction of sp³-hybridized carbons (Fsp3) is 0.667. The van der Waals surface area contributed by atoms with Crippen molar-refractivity contribution in [1.29, 1.82) is 0 Å². The summed E-state index contributed by atoms with van der Waals surface area (Å²) >= 11 is 0. The van der Waals surface area contributed by atoms with Crippen LogP contribution in [0.25, 0.3) is 0 Å². The molecule has 1 aliphatic heterocycles. The van der Waals surface area contributed by atoms with Gasteiger partial charge in [-0.1, -0.05) is 0 Å². The average Bonchev–Trinajstić information content (AvgIpc) is 3.20. The van der Waals surface area contributed by atoms with Crippen molar-refractivity contribution in [3.8, 4) is 0 Å². The molecule has 1 saturated heterocycles. The highest BCUT2D eigenvalue weighted by atomic mass is 16.3. The third kappa shape index (κ3) is 3.10. The summed E-state index contributed by atoms with van der Waals surface area (Å²) in [7, 11) is 0. The molecule has 1 N–H and O–H groups in total. The van der Waals surface area contributed by atoms with Gasteiger partial charge in [-0.2, -0.15) is 0 Å². The van der Waals surface area contributed by atoms with E-state index in [1.807, 2.05) is 0 Å². The Bertz CT molecular complexity index is 744. The van der Waals surface area contributed by atoms with Gasteiger partial charge >= 0.3 is 11.8 Å². The smallest absolute Gasteiger partial charge is 0.312 e. The predicted molar refractivity (Wildman–Crippen MR) is 100 cm³/mol. The molecule has 4 bridgehead atoms. The Morgan fingerprint density at radius 3 is 2.04 bits per heavy atom. The van der Waals surface area contributed by atoms with Crippen LogP contribution in [0, 0.1) is 17.8 Å². The molecule has 150 valence electrons. The lowest BCUT2D eigenvalue weighted by Crippen LogP contribution is -2.62. The van der Waals surface area contributed by atoms with Gasteiger partial charge in [0.15, 0.2) is 5.76 Å². The molecule has 6 rings (SSSR count). The lowest BCUT2D eigenvalue weighted by molar-refractivity contribution is -0.149. The third-order valence-corrected chi connectivity index (χ3v) is 7.20. The van der Waals surface area contributed by atoms with Gasteiger partial charge < -0.3 is 19.5 Å². The van der Waals surface area contributed by atoms with Crippen LogP contribution in [0.5, 0.6) is 0 Å². The third-order valence-electron chi connectivity index (χ3n) is 7.20. The van der Waals surface area contributed by atoms with E-state index in [1.165, 1.54) is 25.5 Å². The maximum absolute atomic E-state index is 12.7. The normalized spacial score (nSPS) is 33.8. The first kappa shape index (κ1) is 17.8. The van der Waals surface area contributed by atoms with Gasteiger partial charge in [0.05, 0.1) is 6.26 Å². The first-order valence-corrected chi connectivity index (χ1v) is 10.5. The molecule has 0 aromatic carbocycles. The monoisotopic (exact) mass is 385 g/mol. The summed E-state index contributed by atoms with van der Waals surface area (Å²) in [5.41, 5.74) is -0.154. The second kappa shape index (κ2) is 6.64. The molecule has 7 heteroatoms. The van der Waals surface area contributed by atoms with Crippen LogP contribution in [0.2, 0.25) is 0 Å². The number of piperazine rings is 1. The Kier molecular flexibility index (Phi) is 4.21. The van der Waals surface area contributed by atoms with Crippen molar-refractivity contribution >= 4 is 17.7 Å². The molecule has 1 aromatic heterocycles. The summed E-state index contributed by atoms with van der Waals surface area (Å²) in [4.78, 5) is 41.0. The highest BCUT2D eigenvalue weighted by Gasteiger charge is 2.52. The number of hydrogen-bond acceptors (Lipinski definition) is 4. The molecule has 0 unspecified atom stereocenters. The Labute approximate surface area is 164 Å². The molecule has 5 aliphatic rings. The first-order valence-electron chi connectivity index (χ1n) is 10.5. The maximum Gasteiger partial charge on any atom is 0.312 e. The topological polar surface area (TPSA) is 82.9 Å². The van der Waals surface area contributed by atoms with E-state index in [2.05, 4.69) is 5.32 Å². The van der Waals surface area contributed by atoms with E-state index in [9.17, 15) is 14.4 Å². The molecule has 4 saturated carbocycles. The summed E-state index contributed by atoms with van der Waals surface area (Å²) in [5, 5.41) is 3.15. The van der Waals surface area contributed by atoms with Gasteiger partial charge in [-0.3, -0.25) is 14.4 Å². The summed E-state index contributed by atoms with van der Waals surface area (Å²) in [5.74, 6) is 1.37. The Hall–Kier alpha value is -2.31. The first-order chi connectivity index (χ1) is 13.5. The number of nitrogens with zero attached hydrogens (tertiary/aromatic N) is 2. The van der Waals surface area contributed by atoms with Gasteiger partial charge in [0.2, 0.25) is 0 Å². The van der Waals surface area contributed by atoms with Crippen molar-refractivity contribution in [3.05, 3.63) is 24.2 Å². The zero-order chi connectivity index (χ0) is 19.3. The van der Waals surface area contributed by atoms with Crippen LogP contribution < -0.4 is 5.32 Å². The van der Waals surface area contributed by atoms with Crippen molar-refractivity contribution in [3.63, 3.8) is 0 Å². The van der Waals surface area contributed by atoms with Crippen molar-refractivity contribution < 1.29 is 18.8 Å². The zero-order valence-corrected chi connectivity index (χ0v) is 16.1. The van der Waals surface area contributed by atoms with Gasteiger partial charge in [-0.05, 0) is 68.4 Å². The summed E-state index contributed by atoms with van der Waals surface area (Å²) < 4.78 is 5.16. The molecule has 0 spiro atoms. The largest absolute Gasteiger partial charge is 0.459 e. The summed E-state index contributed by atoms with van der Waals surface area (Å²) in [6.45, 7) is 1.57. The van der Waals surface area contributed by atoms with Crippen LogP contribution >= 0.6 is 0 Å². The fourth-order valence-electron chi connectivity index (χ4n) is 6.37. The summed E-state index contributed by atoms with van der Waals surface area (Å²) in [6, 6.07) is 3.32. The summed E-state index contributed by atoms with van der Waals surface area (Å²) in [6.07, 6.45) is 8.47. The molecular formula is C21H27N3O4. The molecule has 4 aliphatic carbocycles. The number of nitrogens with one attached hydrogen (secondary N) is 1. The highest BCUT2D eigenvalue weighted by Crippen LogP contribution is 2.55. The maximum atomic E-state index is 12.7. The molecule has 3 amide bonds. The SMILES string of the molecule is O=C(NC12CC3CC(CC(C3)C1)C2)C(=O)N1CCN(C(=O)c2ccco2)CC1. The molecule has 0 atom stereocenters.